The van der Waals surface area contributed by atoms with Crippen molar-refractivity contribution >= 4 is 40.7 Å². The van der Waals surface area contributed by atoms with E-state index >= 15 is 0 Å². The van der Waals surface area contributed by atoms with Crippen LogP contribution in [0.4, 0.5) is 0 Å². The Morgan fingerprint density at radius 1 is 1.45 bits per heavy atom. The molecule has 0 fully saturated rings. The van der Waals surface area contributed by atoms with Crippen LogP contribution in [0, 0.1) is 6.92 Å². The van der Waals surface area contributed by atoms with E-state index in [0.29, 0.717) is 18.1 Å². The summed E-state index contributed by atoms with van der Waals surface area (Å²) in [5, 5.41) is 1.63. The summed E-state index contributed by atoms with van der Waals surface area (Å²) in [4.78, 5) is 18.0. The number of aryl methyl sites for hydroxylation is 1. The first-order valence-corrected chi connectivity index (χ1v) is 8.30. The number of esters is 1. The summed E-state index contributed by atoms with van der Waals surface area (Å²) in [7, 11) is 0. The second-order valence-electron chi connectivity index (χ2n) is 3.95. The van der Waals surface area contributed by atoms with Gasteiger partial charge in [-0.1, -0.05) is 23.7 Å². The molecule has 0 atom stereocenters. The van der Waals surface area contributed by atoms with Crippen LogP contribution in [0.5, 0.6) is 0 Å². The third kappa shape index (κ3) is 3.75. The zero-order valence-corrected chi connectivity index (χ0v) is 13.6. The number of halogens is 1. The highest BCUT2D eigenvalue weighted by Crippen LogP contribution is 2.31. The molecule has 0 spiro atoms. The number of rotatable bonds is 5. The number of aromatic nitrogens is 1. The number of thioether (sulfide) groups is 1. The lowest BCUT2D eigenvalue weighted by atomic mass is 10.4. The summed E-state index contributed by atoms with van der Waals surface area (Å²) in [5.74, 6) is 0.338. The van der Waals surface area contributed by atoms with Gasteiger partial charge >= 0.3 is 5.97 Å². The van der Waals surface area contributed by atoms with E-state index in [1.54, 1.807) is 18.7 Å². The number of hydrogen-bond acceptors (Lipinski definition) is 5. The van der Waals surface area contributed by atoms with Crippen molar-refractivity contribution in [1.29, 1.82) is 0 Å². The Morgan fingerprint density at radius 2 is 2.20 bits per heavy atom. The predicted molar refractivity (Wildman–Crippen MR) is 83.8 cm³/mol. The van der Waals surface area contributed by atoms with Gasteiger partial charge in [0, 0.05) is 9.77 Å². The van der Waals surface area contributed by atoms with E-state index in [0.717, 1.165) is 19.8 Å². The van der Waals surface area contributed by atoms with Crippen molar-refractivity contribution < 1.29 is 9.53 Å². The number of hydrogen-bond donors (Lipinski definition) is 0. The molecule has 0 saturated heterocycles. The van der Waals surface area contributed by atoms with Gasteiger partial charge in [0.25, 0.3) is 0 Å². The van der Waals surface area contributed by atoms with Gasteiger partial charge in [0.1, 0.15) is 5.01 Å². The molecule has 0 amide bonds. The molecule has 2 aromatic rings. The second-order valence-corrected chi connectivity index (χ2v) is 6.66. The van der Waals surface area contributed by atoms with E-state index in [2.05, 4.69) is 4.98 Å². The molecule has 106 valence electrons. The van der Waals surface area contributed by atoms with Gasteiger partial charge in [-0.2, -0.15) is 0 Å². The van der Waals surface area contributed by atoms with Crippen molar-refractivity contribution in [2.24, 2.45) is 0 Å². The van der Waals surface area contributed by atoms with Gasteiger partial charge in [-0.05, 0) is 26.0 Å². The second kappa shape index (κ2) is 7.11. The van der Waals surface area contributed by atoms with Crippen LogP contribution in [0.2, 0.25) is 5.02 Å². The molecule has 0 aliphatic carbocycles. The van der Waals surface area contributed by atoms with E-state index in [1.165, 1.54) is 11.3 Å². The topological polar surface area (TPSA) is 39.2 Å². The Kier molecular flexibility index (Phi) is 5.46. The number of nitrogens with zero attached hydrogens (tertiary/aromatic N) is 1. The van der Waals surface area contributed by atoms with Gasteiger partial charge in [0.2, 0.25) is 0 Å². The van der Waals surface area contributed by atoms with Crippen LogP contribution in [-0.4, -0.2) is 17.6 Å². The molecule has 3 nitrogen and oxygen atoms in total. The molecular formula is C14H14ClNO2S2. The van der Waals surface area contributed by atoms with E-state index in [1.807, 2.05) is 31.2 Å². The van der Waals surface area contributed by atoms with Crippen LogP contribution >= 0.6 is 34.7 Å². The Balaban J connectivity index is 2.06. The number of ether oxygens (including phenoxy) is 1. The first-order valence-electron chi connectivity index (χ1n) is 6.12. The van der Waals surface area contributed by atoms with E-state index in [-0.39, 0.29) is 5.97 Å². The third-order valence-electron chi connectivity index (χ3n) is 2.50. The maximum absolute atomic E-state index is 11.7. The van der Waals surface area contributed by atoms with Gasteiger partial charge in [0.05, 0.1) is 17.4 Å². The SMILES string of the molecule is CCOC(=O)c1nc(CSc2ccccc2Cl)sc1C. The third-order valence-corrected chi connectivity index (χ3v) is 5.18. The molecular weight excluding hydrogens is 314 g/mol. The molecule has 1 aromatic heterocycles. The minimum atomic E-state index is -0.352. The zero-order valence-electron chi connectivity index (χ0n) is 11.2. The van der Waals surface area contributed by atoms with Crippen LogP contribution in [0.3, 0.4) is 0 Å². The molecule has 0 bridgehead atoms. The normalized spacial score (nSPS) is 10.6. The highest BCUT2D eigenvalue weighted by molar-refractivity contribution is 7.98. The van der Waals surface area contributed by atoms with Crippen molar-refractivity contribution in [2.75, 3.05) is 6.61 Å². The zero-order chi connectivity index (χ0) is 14.5. The van der Waals surface area contributed by atoms with Crippen molar-refractivity contribution in [2.45, 2.75) is 24.5 Å². The van der Waals surface area contributed by atoms with Gasteiger partial charge in [-0.3, -0.25) is 0 Å². The first-order chi connectivity index (χ1) is 9.61. The Hall–Kier alpha value is -1.04. The Morgan fingerprint density at radius 3 is 2.90 bits per heavy atom. The summed E-state index contributed by atoms with van der Waals surface area (Å²) >= 11 is 9.24. The quantitative estimate of drug-likeness (QED) is 0.595. The fourth-order valence-electron chi connectivity index (χ4n) is 1.60. The van der Waals surface area contributed by atoms with Crippen molar-refractivity contribution in [3.8, 4) is 0 Å². The van der Waals surface area contributed by atoms with Gasteiger partial charge in [-0.15, -0.1) is 23.1 Å². The molecule has 0 aliphatic heterocycles. The number of carbonyl (C=O) groups excluding carboxylic acids is 1. The lowest BCUT2D eigenvalue weighted by molar-refractivity contribution is 0.0519. The molecule has 0 radical (unpaired) electrons. The van der Waals surface area contributed by atoms with E-state index in [9.17, 15) is 4.79 Å². The van der Waals surface area contributed by atoms with Crippen LogP contribution < -0.4 is 0 Å². The van der Waals surface area contributed by atoms with Crippen LogP contribution in [0.1, 0.15) is 27.3 Å². The van der Waals surface area contributed by atoms with Crippen molar-refractivity contribution in [3.05, 3.63) is 44.9 Å². The summed E-state index contributed by atoms with van der Waals surface area (Å²) < 4.78 is 4.98. The minimum absolute atomic E-state index is 0.352. The summed E-state index contributed by atoms with van der Waals surface area (Å²) in [5.41, 5.74) is 0.423. The molecule has 1 aromatic carbocycles. The summed E-state index contributed by atoms with van der Waals surface area (Å²) in [6.45, 7) is 4.03. The predicted octanol–water partition coefficient (Wildman–Crippen LogP) is 4.57. The number of thiazole rings is 1. The van der Waals surface area contributed by atoms with Crippen LogP contribution in [-0.2, 0) is 10.5 Å². The molecule has 0 saturated carbocycles. The summed E-state index contributed by atoms with van der Waals surface area (Å²) in [6, 6.07) is 7.69. The smallest absolute Gasteiger partial charge is 0.358 e. The molecule has 0 unspecified atom stereocenters. The Bertz CT molecular complexity index is 613. The molecule has 0 aliphatic rings. The van der Waals surface area contributed by atoms with Gasteiger partial charge in [-0.25, -0.2) is 9.78 Å². The number of carbonyl (C=O) groups is 1. The maximum Gasteiger partial charge on any atom is 0.358 e. The van der Waals surface area contributed by atoms with E-state index in [4.69, 9.17) is 16.3 Å². The first kappa shape index (κ1) is 15.4. The fraction of sp³-hybridized carbons (Fsp3) is 0.286. The van der Waals surface area contributed by atoms with Crippen LogP contribution in [0.25, 0.3) is 0 Å². The van der Waals surface area contributed by atoms with Crippen molar-refractivity contribution in [3.63, 3.8) is 0 Å². The average molecular weight is 328 g/mol. The highest BCUT2D eigenvalue weighted by Gasteiger charge is 2.16. The lowest BCUT2D eigenvalue weighted by Gasteiger charge is -2.01. The largest absolute Gasteiger partial charge is 0.461 e. The van der Waals surface area contributed by atoms with Gasteiger partial charge in [0.15, 0.2) is 5.69 Å². The molecule has 2 rings (SSSR count). The summed E-state index contributed by atoms with van der Waals surface area (Å²) in [6.07, 6.45) is 0. The molecule has 1 heterocycles. The lowest BCUT2D eigenvalue weighted by Crippen LogP contribution is -2.06. The monoisotopic (exact) mass is 327 g/mol. The van der Waals surface area contributed by atoms with E-state index < -0.39 is 0 Å². The van der Waals surface area contributed by atoms with Crippen molar-refractivity contribution in [1.82, 2.24) is 4.98 Å². The minimum Gasteiger partial charge on any atom is -0.461 e. The van der Waals surface area contributed by atoms with Gasteiger partial charge < -0.3 is 4.74 Å². The molecule has 6 heteroatoms. The fourth-order valence-corrected chi connectivity index (χ4v) is 3.76. The van der Waals surface area contributed by atoms with Crippen LogP contribution in [0.15, 0.2) is 29.2 Å². The number of benzene rings is 1. The average Bonchev–Trinajstić information content (AvgIpc) is 2.79. The molecule has 0 N–H and O–H groups in total. The Labute approximate surface area is 131 Å². The highest BCUT2D eigenvalue weighted by atomic mass is 35.5. The maximum atomic E-state index is 11.7. The molecule has 20 heavy (non-hydrogen) atoms. The standard InChI is InChI=1S/C14H14ClNO2S2/c1-3-18-14(17)13-9(2)20-12(16-13)8-19-11-7-5-4-6-10(11)15/h4-7H,3,8H2,1-2H3.